The lowest BCUT2D eigenvalue weighted by Gasteiger charge is -2.33. The second kappa shape index (κ2) is 9.53. The van der Waals surface area contributed by atoms with Crippen LogP contribution in [0.15, 0.2) is 42.6 Å². The minimum atomic E-state index is -0.375. The van der Waals surface area contributed by atoms with E-state index in [1.807, 2.05) is 17.0 Å². The van der Waals surface area contributed by atoms with Crippen LogP contribution in [0.1, 0.15) is 39.7 Å². The number of rotatable bonds is 6. The number of halogens is 1. The Kier molecular flexibility index (Phi) is 6.58. The number of morpholine rings is 1. The molecule has 1 aliphatic heterocycles. The number of amides is 2. The molecule has 0 spiro atoms. The number of carbonyl (C=O) groups excluding carboxylic acids is 2. The van der Waals surface area contributed by atoms with Gasteiger partial charge >= 0.3 is 0 Å². The third-order valence-corrected chi connectivity index (χ3v) is 6.58. The Balaban J connectivity index is 1.45. The van der Waals surface area contributed by atoms with Crippen LogP contribution in [0, 0.1) is 5.82 Å². The third-order valence-electron chi connectivity index (χ3n) is 5.45. The first-order chi connectivity index (χ1) is 15.1. The van der Waals surface area contributed by atoms with Crippen LogP contribution in [-0.4, -0.2) is 48.4 Å². The van der Waals surface area contributed by atoms with E-state index in [1.165, 1.54) is 23.5 Å². The van der Waals surface area contributed by atoms with Crippen molar-refractivity contribution in [2.24, 2.45) is 0 Å². The topological polar surface area (TPSA) is 71.5 Å². The zero-order valence-corrected chi connectivity index (χ0v) is 18.1. The number of aryl methyl sites for hydroxylation is 1. The molecule has 1 aromatic carbocycles. The van der Waals surface area contributed by atoms with Gasteiger partial charge in [0, 0.05) is 37.2 Å². The van der Waals surface area contributed by atoms with Gasteiger partial charge in [0.2, 0.25) is 5.91 Å². The summed E-state index contributed by atoms with van der Waals surface area (Å²) in [5.41, 5.74) is 1.82. The van der Waals surface area contributed by atoms with Crippen molar-refractivity contribution in [2.75, 3.05) is 26.7 Å². The highest BCUT2D eigenvalue weighted by Crippen LogP contribution is 2.37. The molecule has 2 amide bonds. The molecular weight excluding hydrogens is 417 g/mol. The molecule has 8 heteroatoms. The summed E-state index contributed by atoms with van der Waals surface area (Å²) in [7, 11) is 1.60. The molecule has 162 valence electrons. The standard InChI is InChI=1S/C23H24FN3O3S/c1-25-22(29)21-20(17-5-3-11-26-23(17)31-21)18-14-27(12-13-30-18)19(28)6-2-4-15-7-9-16(24)10-8-15/h3,5,7-11,18H,2,4,6,12-14H2,1H3,(H,25,29)/t18-/m0/s1. The number of pyridine rings is 1. The second-order valence-corrected chi connectivity index (χ2v) is 8.46. The number of hydrogen-bond acceptors (Lipinski definition) is 5. The molecule has 3 aromatic rings. The summed E-state index contributed by atoms with van der Waals surface area (Å²) < 4.78 is 19.0. The first-order valence-electron chi connectivity index (χ1n) is 10.3. The molecule has 1 saturated heterocycles. The molecule has 1 fully saturated rings. The van der Waals surface area contributed by atoms with Gasteiger partial charge in [-0.05, 0) is 36.6 Å². The summed E-state index contributed by atoms with van der Waals surface area (Å²) in [6.07, 6.45) is 3.16. The van der Waals surface area contributed by atoms with Crippen LogP contribution in [0.25, 0.3) is 10.2 Å². The number of hydrogen-bond donors (Lipinski definition) is 1. The summed E-state index contributed by atoms with van der Waals surface area (Å²) in [4.78, 5) is 32.8. The summed E-state index contributed by atoms with van der Waals surface area (Å²) in [5, 5.41) is 3.58. The maximum absolute atomic E-state index is 13.0. The molecule has 0 bridgehead atoms. The molecule has 6 nitrogen and oxygen atoms in total. The van der Waals surface area contributed by atoms with E-state index in [0.29, 0.717) is 37.4 Å². The molecule has 0 radical (unpaired) electrons. The first-order valence-corrected chi connectivity index (χ1v) is 11.1. The molecule has 0 saturated carbocycles. The minimum absolute atomic E-state index is 0.0644. The second-order valence-electron chi connectivity index (χ2n) is 7.46. The van der Waals surface area contributed by atoms with Crippen molar-refractivity contribution in [3.8, 4) is 0 Å². The van der Waals surface area contributed by atoms with E-state index in [0.717, 1.165) is 27.8 Å². The lowest BCUT2D eigenvalue weighted by Crippen LogP contribution is -2.42. The first kappa shape index (κ1) is 21.4. The maximum Gasteiger partial charge on any atom is 0.261 e. The Morgan fingerprint density at radius 2 is 2.10 bits per heavy atom. The average Bonchev–Trinajstić information content (AvgIpc) is 3.19. The van der Waals surface area contributed by atoms with Crippen LogP contribution < -0.4 is 5.32 Å². The van der Waals surface area contributed by atoms with Gasteiger partial charge in [0.25, 0.3) is 5.91 Å². The molecule has 3 heterocycles. The highest BCUT2D eigenvalue weighted by molar-refractivity contribution is 7.20. The normalized spacial score (nSPS) is 16.5. The van der Waals surface area contributed by atoms with Crippen LogP contribution in [0.2, 0.25) is 0 Å². The monoisotopic (exact) mass is 441 g/mol. The van der Waals surface area contributed by atoms with Crippen molar-refractivity contribution in [1.29, 1.82) is 0 Å². The van der Waals surface area contributed by atoms with Gasteiger partial charge < -0.3 is 15.0 Å². The minimum Gasteiger partial charge on any atom is -0.370 e. The van der Waals surface area contributed by atoms with Gasteiger partial charge in [-0.15, -0.1) is 11.3 Å². The van der Waals surface area contributed by atoms with E-state index in [1.54, 1.807) is 25.4 Å². The van der Waals surface area contributed by atoms with Gasteiger partial charge in [-0.3, -0.25) is 9.59 Å². The van der Waals surface area contributed by atoms with Crippen molar-refractivity contribution >= 4 is 33.4 Å². The third kappa shape index (κ3) is 4.75. The Morgan fingerprint density at radius 3 is 2.87 bits per heavy atom. The van der Waals surface area contributed by atoms with Gasteiger partial charge in [0.1, 0.15) is 21.6 Å². The Bertz CT molecular complexity index is 1080. The molecule has 1 aliphatic rings. The SMILES string of the molecule is CNC(=O)c1sc2ncccc2c1[C@@H]1CN(C(=O)CCCc2ccc(F)cc2)CCO1. The fourth-order valence-corrected chi connectivity index (χ4v) is 5.00. The van der Waals surface area contributed by atoms with Crippen molar-refractivity contribution < 1.29 is 18.7 Å². The fraction of sp³-hybridized carbons (Fsp3) is 0.348. The number of fused-ring (bicyclic) bond motifs is 1. The van der Waals surface area contributed by atoms with Gasteiger partial charge in [0.15, 0.2) is 0 Å². The molecule has 2 aromatic heterocycles. The number of benzene rings is 1. The van der Waals surface area contributed by atoms with Gasteiger partial charge in [0.05, 0.1) is 13.2 Å². The van der Waals surface area contributed by atoms with E-state index in [4.69, 9.17) is 4.74 Å². The number of aromatic nitrogens is 1. The Morgan fingerprint density at radius 1 is 1.29 bits per heavy atom. The van der Waals surface area contributed by atoms with Crippen LogP contribution in [0.3, 0.4) is 0 Å². The fourth-order valence-electron chi connectivity index (χ4n) is 3.86. The molecule has 4 rings (SSSR count). The molecule has 1 atom stereocenters. The van der Waals surface area contributed by atoms with Gasteiger partial charge in [-0.2, -0.15) is 0 Å². The predicted octanol–water partition coefficient (Wildman–Crippen LogP) is 3.72. The number of carbonyl (C=O) groups is 2. The highest BCUT2D eigenvalue weighted by Gasteiger charge is 2.31. The maximum atomic E-state index is 13.0. The summed E-state index contributed by atoms with van der Waals surface area (Å²) in [5.74, 6) is -0.370. The molecular formula is C23H24FN3O3S. The van der Waals surface area contributed by atoms with Crippen molar-refractivity contribution in [2.45, 2.75) is 25.4 Å². The molecule has 31 heavy (non-hydrogen) atoms. The smallest absolute Gasteiger partial charge is 0.261 e. The highest BCUT2D eigenvalue weighted by atomic mass is 32.1. The Labute approximate surface area is 184 Å². The largest absolute Gasteiger partial charge is 0.370 e. The van der Waals surface area contributed by atoms with Crippen molar-refractivity contribution in [3.05, 3.63) is 64.4 Å². The summed E-state index contributed by atoms with van der Waals surface area (Å²) >= 11 is 1.34. The quantitative estimate of drug-likeness (QED) is 0.633. The van der Waals surface area contributed by atoms with Crippen LogP contribution in [0.4, 0.5) is 4.39 Å². The number of nitrogens with zero attached hydrogens (tertiary/aromatic N) is 2. The lowest BCUT2D eigenvalue weighted by molar-refractivity contribution is -0.139. The molecule has 0 unspecified atom stereocenters. The number of nitrogens with one attached hydrogen (secondary N) is 1. The van der Waals surface area contributed by atoms with E-state index in [9.17, 15) is 14.0 Å². The summed E-state index contributed by atoms with van der Waals surface area (Å²) in [6, 6.07) is 10.2. The van der Waals surface area contributed by atoms with E-state index < -0.39 is 0 Å². The molecule has 0 aliphatic carbocycles. The van der Waals surface area contributed by atoms with Crippen molar-refractivity contribution in [1.82, 2.24) is 15.2 Å². The predicted molar refractivity (Wildman–Crippen MR) is 118 cm³/mol. The zero-order chi connectivity index (χ0) is 21.8. The zero-order valence-electron chi connectivity index (χ0n) is 17.3. The van der Waals surface area contributed by atoms with Crippen LogP contribution in [0.5, 0.6) is 0 Å². The van der Waals surface area contributed by atoms with Crippen molar-refractivity contribution in [3.63, 3.8) is 0 Å². The molecule has 1 N–H and O–H groups in total. The van der Waals surface area contributed by atoms with Crippen LogP contribution in [-0.2, 0) is 16.0 Å². The summed E-state index contributed by atoms with van der Waals surface area (Å²) in [6.45, 7) is 1.35. The lowest BCUT2D eigenvalue weighted by atomic mass is 10.0. The number of ether oxygens (including phenoxy) is 1. The number of thiophene rings is 1. The van der Waals surface area contributed by atoms with E-state index >= 15 is 0 Å². The van der Waals surface area contributed by atoms with E-state index in [2.05, 4.69) is 10.3 Å². The van der Waals surface area contributed by atoms with Crippen LogP contribution >= 0.6 is 11.3 Å². The van der Waals surface area contributed by atoms with Gasteiger partial charge in [-0.1, -0.05) is 18.2 Å². The van der Waals surface area contributed by atoms with Gasteiger partial charge in [-0.25, -0.2) is 9.37 Å². The Hall–Kier alpha value is -2.84. The average molecular weight is 442 g/mol. The van der Waals surface area contributed by atoms with E-state index in [-0.39, 0.29) is 23.7 Å².